The minimum Gasteiger partial charge on any atom is -0.456 e. The standard InChI is InChI=1S/C54H30N2O3/c1-6-20-41-32(13-1)33-14-2-7-21-42(33)55(41)45-24-11-18-37-40-30-49-51(50(54(40)59-52(37)45)31-27-28-48-39(29-31)36-17-5-10-26-47(36)57-48)38-19-12-25-46(53(38)58-49)56-43-22-8-3-15-34(43)35-16-4-9-23-44(35)56/h1-30H. The number of furan rings is 3. The molecule has 0 aliphatic heterocycles. The van der Waals surface area contributed by atoms with E-state index < -0.39 is 0 Å². The van der Waals surface area contributed by atoms with Gasteiger partial charge in [-0.1, -0.05) is 121 Å². The summed E-state index contributed by atoms with van der Waals surface area (Å²) in [5, 5.41) is 11.0. The average molecular weight is 755 g/mol. The third-order valence-corrected chi connectivity index (χ3v) is 12.5. The van der Waals surface area contributed by atoms with Crippen LogP contribution in [0, 0.1) is 0 Å². The second kappa shape index (κ2) is 11.3. The molecule has 0 N–H and O–H groups in total. The lowest BCUT2D eigenvalue weighted by Crippen LogP contribution is -1.94. The zero-order valence-electron chi connectivity index (χ0n) is 31.4. The lowest BCUT2D eigenvalue weighted by atomic mass is 9.95. The fourth-order valence-electron chi connectivity index (χ4n) is 10.1. The minimum atomic E-state index is 0.804. The lowest BCUT2D eigenvalue weighted by molar-refractivity contribution is 0.662. The fourth-order valence-corrected chi connectivity index (χ4v) is 10.1. The Labute approximate surface area is 335 Å². The van der Waals surface area contributed by atoms with E-state index in [0.717, 1.165) is 110 Å². The quantitative estimate of drug-likeness (QED) is 0.180. The Balaban J connectivity index is 1.13. The Morgan fingerprint density at radius 2 is 0.780 bits per heavy atom. The molecular formula is C54H30N2O3. The van der Waals surface area contributed by atoms with Crippen molar-refractivity contribution in [1.82, 2.24) is 9.13 Å². The second-order valence-corrected chi connectivity index (χ2v) is 15.6. The lowest BCUT2D eigenvalue weighted by Gasteiger charge is -2.09. The van der Waals surface area contributed by atoms with Crippen LogP contribution < -0.4 is 0 Å². The summed E-state index contributed by atoms with van der Waals surface area (Å²) in [6.45, 7) is 0. The highest BCUT2D eigenvalue weighted by Crippen LogP contribution is 2.48. The van der Waals surface area contributed by atoms with E-state index in [-0.39, 0.29) is 0 Å². The van der Waals surface area contributed by atoms with Crippen molar-refractivity contribution in [3.63, 3.8) is 0 Å². The Morgan fingerprint density at radius 1 is 0.288 bits per heavy atom. The first-order valence-electron chi connectivity index (χ1n) is 20.0. The van der Waals surface area contributed by atoms with Gasteiger partial charge in [-0.15, -0.1) is 0 Å². The van der Waals surface area contributed by atoms with Gasteiger partial charge < -0.3 is 22.4 Å². The highest BCUT2D eigenvalue weighted by molar-refractivity contribution is 6.26. The summed E-state index contributed by atoms with van der Waals surface area (Å²) in [4.78, 5) is 0. The van der Waals surface area contributed by atoms with Gasteiger partial charge in [0.1, 0.15) is 22.3 Å². The van der Waals surface area contributed by atoms with E-state index in [2.05, 4.69) is 179 Å². The van der Waals surface area contributed by atoms with Crippen LogP contribution in [0.15, 0.2) is 195 Å². The molecule has 0 atom stereocenters. The molecule has 0 bridgehead atoms. The van der Waals surface area contributed by atoms with E-state index in [0.29, 0.717) is 0 Å². The van der Waals surface area contributed by atoms with Gasteiger partial charge in [0.15, 0.2) is 11.2 Å². The first kappa shape index (κ1) is 31.1. The molecule has 59 heavy (non-hydrogen) atoms. The van der Waals surface area contributed by atoms with Crippen LogP contribution in [0.25, 0.3) is 132 Å². The Kier molecular flexibility index (Phi) is 5.96. The molecule has 0 amide bonds. The van der Waals surface area contributed by atoms with Crippen molar-refractivity contribution in [2.24, 2.45) is 0 Å². The van der Waals surface area contributed by atoms with Crippen molar-refractivity contribution in [2.45, 2.75) is 0 Å². The van der Waals surface area contributed by atoms with Crippen LogP contribution in [0.4, 0.5) is 0 Å². The number of benzene rings is 9. The molecule has 5 heterocycles. The third-order valence-electron chi connectivity index (χ3n) is 12.5. The molecule has 9 aromatic carbocycles. The molecule has 0 saturated carbocycles. The summed E-state index contributed by atoms with van der Waals surface area (Å²) >= 11 is 0. The minimum absolute atomic E-state index is 0.804. The number of aromatic nitrogens is 2. The van der Waals surface area contributed by atoms with Crippen LogP contribution in [-0.4, -0.2) is 9.13 Å². The van der Waals surface area contributed by atoms with Gasteiger partial charge in [-0.25, -0.2) is 0 Å². The van der Waals surface area contributed by atoms with Gasteiger partial charge in [-0.2, -0.15) is 0 Å². The topological polar surface area (TPSA) is 49.3 Å². The van der Waals surface area contributed by atoms with Gasteiger partial charge >= 0.3 is 0 Å². The summed E-state index contributed by atoms with van der Waals surface area (Å²) in [6.07, 6.45) is 0. The molecule has 5 aromatic heterocycles. The summed E-state index contributed by atoms with van der Waals surface area (Å²) in [5.74, 6) is 0. The zero-order chi connectivity index (χ0) is 38.3. The zero-order valence-corrected chi connectivity index (χ0v) is 31.4. The predicted molar refractivity (Wildman–Crippen MR) is 242 cm³/mol. The predicted octanol–water partition coefficient (Wildman–Crippen LogP) is 15.2. The molecule has 274 valence electrons. The van der Waals surface area contributed by atoms with Crippen molar-refractivity contribution in [3.05, 3.63) is 182 Å². The molecule has 5 heteroatoms. The van der Waals surface area contributed by atoms with Crippen molar-refractivity contribution in [1.29, 1.82) is 0 Å². The number of rotatable bonds is 3. The maximum Gasteiger partial charge on any atom is 0.159 e. The van der Waals surface area contributed by atoms with Crippen molar-refractivity contribution in [2.75, 3.05) is 0 Å². The van der Waals surface area contributed by atoms with Crippen molar-refractivity contribution >= 4 is 109 Å². The van der Waals surface area contributed by atoms with Crippen molar-refractivity contribution < 1.29 is 13.3 Å². The maximum atomic E-state index is 7.32. The first-order valence-corrected chi connectivity index (χ1v) is 20.0. The SMILES string of the molecule is c1ccc2c(c1)oc1ccc(-c3c4oc5c(-n6c7ccccc7c7ccccc76)cccc5c4cc4oc5c(-n6c7ccccc7c7ccccc76)cccc5c34)cc12. The molecule has 14 aromatic rings. The molecule has 14 rings (SSSR count). The summed E-state index contributed by atoms with van der Waals surface area (Å²) in [7, 11) is 0. The fraction of sp³-hybridized carbons (Fsp3) is 0. The van der Waals surface area contributed by atoms with Crippen LogP contribution >= 0.6 is 0 Å². The molecule has 0 saturated heterocycles. The molecule has 0 aliphatic rings. The third kappa shape index (κ3) is 4.08. The summed E-state index contributed by atoms with van der Waals surface area (Å²) in [5.41, 5.74) is 13.5. The van der Waals surface area contributed by atoms with Crippen LogP contribution in [0.1, 0.15) is 0 Å². The smallest absolute Gasteiger partial charge is 0.159 e. The molecule has 0 unspecified atom stereocenters. The van der Waals surface area contributed by atoms with E-state index in [4.69, 9.17) is 13.3 Å². The molecule has 0 spiro atoms. The number of nitrogens with zero attached hydrogens (tertiary/aromatic N) is 2. The van der Waals surface area contributed by atoms with E-state index in [1.54, 1.807) is 0 Å². The van der Waals surface area contributed by atoms with Crippen LogP contribution in [0.3, 0.4) is 0 Å². The van der Waals surface area contributed by atoms with Gasteiger partial charge in [0.2, 0.25) is 0 Å². The van der Waals surface area contributed by atoms with Gasteiger partial charge in [0, 0.05) is 59.4 Å². The first-order chi connectivity index (χ1) is 29.3. The highest BCUT2D eigenvalue weighted by Gasteiger charge is 2.26. The van der Waals surface area contributed by atoms with Crippen LogP contribution in [-0.2, 0) is 0 Å². The number of para-hydroxylation sites is 7. The molecule has 0 fully saturated rings. The van der Waals surface area contributed by atoms with E-state index in [1.165, 1.54) is 21.5 Å². The van der Waals surface area contributed by atoms with Crippen LogP contribution in [0.5, 0.6) is 0 Å². The normalized spacial score (nSPS) is 12.4. The van der Waals surface area contributed by atoms with Crippen molar-refractivity contribution in [3.8, 4) is 22.5 Å². The largest absolute Gasteiger partial charge is 0.456 e. The van der Waals surface area contributed by atoms with Gasteiger partial charge in [-0.3, -0.25) is 0 Å². The van der Waals surface area contributed by atoms with E-state index in [9.17, 15) is 0 Å². The highest BCUT2D eigenvalue weighted by atomic mass is 16.3. The molecule has 5 nitrogen and oxygen atoms in total. The maximum absolute atomic E-state index is 7.32. The summed E-state index contributed by atoms with van der Waals surface area (Å²) in [6, 6.07) is 64.4. The monoisotopic (exact) mass is 754 g/mol. The van der Waals surface area contributed by atoms with Gasteiger partial charge in [0.05, 0.1) is 33.4 Å². The second-order valence-electron chi connectivity index (χ2n) is 15.6. The van der Waals surface area contributed by atoms with Gasteiger partial charge in [-0.05, 0) is 66.2 Å². The molecule has 0 aliphatic carbocycles. The van der Waals surface area contributed by atoms with Crippen LogP contribution in [0.2, 0.25) is 0 Å². The van der Waals surface area contributed by atoms with Gasteiger partial charge in [0.25, 0.3) is 0 Å². The molecule has 0 radical (unpaired) electrons. The number of hydrogen-bond donors (Lipinski definition) is 0. The van der Waals surface area contributed by atoms with E-state index >= 15 is 0 Å². The Hall–Kier alpha value is -8.02. The average Bonchev–Trinajstić information content (AvgIpc) is 4.10. The van der Waals surface area contributed by atoms with E-state index in [1.807, 2.05) is 12.1 Å². The molecular weight excluding hydrogens is 725 g/mol. The summed E-state index contributed by atoms with van der Waals surface area (Å²) < 4.78 is 25.5. The number of fused-ring (bicyclic) bond motifs is 15. The Morgan fingerprint density at radius 3 is 1.39 bits per heavy atom. The number of hydrogen-bond acceptors (Lipinski definition) is 3. The Bertz CT molecular complexity index is 3860.